The predicted molar refractivity (Wildman–Crippen MR) is 74.9 cm³/mol. The Bertz CT molecular complexity index is 664. The van der Waals surface area contributed by atoms with Gasteiger partial charge in [-0.2, -0.15) is 0 Å². The minimum atomic E-state index is -1.07. The first-order valence-electron chi connectivity index (χ1n) is 5.91. The highest BCUT2D eigenvalue weighted by atomic mass is 16.5. The lowest BCUT2D eigenvalue weighted by molar-refractivity contribution is -0.435. The van der Waals surface area contributed by atoms with Gasteiger partial charge in [0, 0.05) is 17.3 Å². The molecule has 20 heavy (non-hydrogen) atoms. The number of aliphatic carboxylic acids is 1. The van der Waals surface area contributed by atoms with Gasteiger partial charge in [-0.25, -0.2) is 4.79 Å². The molecule has 0 radical (unpaired) electrons. The van der Waals surface area contributed by atoms with Gasteiger partial charge in [0.2, 0.25) is 0 Å². The van der Waals surface area contributed by atoms with Gasteiger partial charge in [-0.05, 0) is 29.1 Å². The molecule has 2 rings (SSSR count). The zero-order valence-electron chi connectivity index (χ0n) is 10.5. The number of carboxylic acid groups (broad SMARTS) is 1. The molecule has 0 bridgehead atoms. The summed E-state index contributed by atoms with van der Waals surface area (Å²) in [6, 6.07) is 15.5. The van der Waals surface area contributed by atoms with Crippen LogP contribution in [-0.2, 0) is 4.79 Å². The van der Waals surface area contributed by atoms with E-state index in [0.717, 1.165) is 6.08 Å². The minimum absolute atomic E-state index is 0.286. The number of carbonyl (C=O) groups is 1. The smallest absolute Gasteiger partial charge is 0.328 e. The van der Waals surface area contributed by atoms with Crippen molar-refractivity contribution in [3.63, 3.8) is 0 Å². The molecule has 2 aromatic rings. The van der Waals surface area contributed by atoms with Crippen LogP contribution in [0.2, 0.25) is 0 Å². The third-order valence-electron chi connectivity index (χ3n) is 2.51. The molecular formula is C15H12N2O3. The molecule has 2 aromatic carbocycles. The summed E-state index contributed by atoms with van der Waals surface area (Å²) in [5.41, 5.74) is 1.30. The monoisotopic (exact) mass is 268 g/mol. The van der Waals surface area contributed by atoms with Gasteiger partial charge in [-0.3, -0.25) is 0 Å². The van der Waals surface area contributed by atoms with Crippen molar-refractivity contribution in [2.75, 3.05) is 0 Å². The molecule has 0 saturated carbocycles. The second kappa shape index (κ2) is 6.29. The Hall–Kier alpha value is -2.95. The highest BCUT2D eigenvalue weighted by molar-refractivity contribution is 5.86. The second-order valence-electron chi connectivity index (χ2n) is 3.94. The van der Waals surface area contributed by atoms with E-state index in [1.54, 1.807) is 48.5 Å². The third-order valence-corrected chi connectivity index (χ3v) is 2.51. The third kappa shape index (κ3) is 3.52. The SMILES string of the molecule is O=C(O)/C=C/c1ccccc1[N+]([O-])=Nc1ccccc1. The molecule has 5 nitrogen and oxygen atoms in total. The molecule has 0 aliphatic carbocycles. The van der Waals surface area contributed by atoms with Crippen LogP contribution in [0.25, 0.3) is 6.08 Å². The minimum Gasteiger partial charge on any atom is -0.594 e. The fourth-order valence-corrected chi connectivity index (χ4v) is 1.62. The molecule has 1 N–H and O–H groups in total. The summed E-state index contributed by atoms with van der Waals surface area (Å²) in [4.78, 5) is 11.0. The predicted octanol–water partition coefficient (Wildman–Crippen LogP) is 3.71. The van der Waals surface area contributed by atoms with Crippen LogP contribution >= 0.6 is 0 Å². The summed E-state index contributed by atoms with van der Waals surface area (Å²) in [5, 5.41) is 24.6. The molecule has 0 atom stereocenters. The Morgan fingerprint density at radius 1 is 1.10 bits per heavy atom. The number of carboxylic acids is 1. The van der Waals surface area contributed by atoms with Crippen LogP contribution in [0.15, 0.2) is 65.8 Å². The van der Waals surface area contributed by atoms with Gasteiger partial charge in [0.25, 0.3) is 5.69 Å². The highest BCUT2D eigenvalue weighted by Gasteiger charge is 2.09. The van der Waals surface area contributed by atoms with Crippen LogP contribution in [-0.4, -0.2) is 15.9 Å². The van der Waals surface area contributed by atoms with Crippen LogP contribution in [0.1, 0.15) is 5.56 Å². The van der Waals surface area contributed by atoms with E-state index in [9.17, 15) is 10.0 Å². The number of nitrogens with zero attached hydrogens (tertiary/aromatic N) is 2. The number of hydrogen-bond donors (Lipinski definition) is 1. The first-order valence-corrected chi connectivity index (χ1v) is 5.91. The van der Waals surface area contributed by atoms with Gasteiger partial charge in [0.05, 0.1) is 5.56 Å². The fraction of sp³-hybridized carbons (Fsp3) is 0. The molecule has 0 aliphatic rings. The lowest BCUT2D eigenvalue weighted by Crippen LogP contribution is -1.94. The van der Waals surface area contributed by atoms with Gasteiger partial charge < -0.3 is 10.3 Å². The van der Waals surface area contributed by atoms with Crippen LogP contribution < -0.4 is 0 Å². The topological polar surface area (TPSA) is 75.7 Å². The largest absolute Gasteiger partial charge is 0.594 e. The zero-order chi connectivity index (χ0) is 14.4. The molecule has 0 heterocycles. The first-order chi connectivity index (χ1) is 9.66. The Morgan fingerprint density at radius 2 is 1.75 bits per heavy atom. The van der Waals surface area contributed by atoms with Crippen molar-refractivity contribution >= 4 is 23.4 Å². The van der Waals surface area contributed by atoms with E-state index < -0.39 is 5.97 Å². The van der Waals surface area contributed by atoms with E-state index in [0.29, 0.717) is 16.1 Å². The molecule has 0 spiro atoms. The van der Waals surface area contributed by atoms with Crippen LogP contribution in [0, 0.1) is 5.21 Å². The van der Waals surface area contributed by atoms with Crippen LogP contribution in [0.4, 0.5) is 11.4 Å². The van der Waals surface area contributed by atoms with Crippen molar-refractivity contribution in [3.05, 3.63) is 71.4 Å². The quantitative estimate of drug-likeness (QED) is 0.397. The number of rotatable bonds is 4. The van der Waals surface area contributed by atoms with Crippen LogP contribution in [0.5, 0.6) is 0 Å². The lowest BCUT2D eigenvalue weighted by Gasteiger charge is -2.02. The Kier molecular flexibility index (Phi) is 4.24. The van der Waals surface area contributed by atoms with E-state index in [1.807, 2.05) is 6.07 Å². The maximum Gasteiger partial charge on any atom is 0.328 e. The Balaban J connectivity index is 2.37. The highest BCUT2D eigenvalue weighted by Crippen LogP contribution is 2.22. The van der Waals surface area contributed by atoms with Gasteiger partial charge in [-0.1, -0.05) is 30.3 Å². The molecule has 5 heteroatoms. The molecule has 0 unspecified atom stereocenters. The molecular weight excluding hydrogens is 256 g/mol. The summed E-state index contributed by atoms with van der Waals surface area (Å²) in [6.45, 7) is 0. The average Bonchev–Trinajstić information content (AvgIpc) is 2.46. The molecule has 0 amide bonds. The second-order valence-corrected chi connectivity index (χ2v) is 3.94. The molecule has 0 aliphatic heterocycles. The normalized spacial score (nSPS) is 11.7. The molecule has 0 saturated heterocycles. The molecule has 100 valence electrons. The number of para-hydroxylation sites is 1. The number of azo groups is 1. The van der Waals surface area contributed by atoms with Gasteiger partial charge in [0.15, 0.2) is 0 Å². The van der Waals surface area contributed by atoms with Crippen molar-refractivity contribution in [2.24, 2.45) is 5.11 Å². The fourth-order valence-electron chi connectivity index (χ4n) is 1.62. The van der Waals surface area contributed by atoms with Crippen molar-refractivity contribution in [3.8, 4) is 0 Å². The van der Waals surface area contributed by atoms with Crippen LogP contribution in [0.3, 0.4) is 0 Å². The number of benzene rings is 2. The lowest BCUT2D eigenvalue weighted by atomic mass is 10.1. The summed E-state index contributed by atoms with van der Waals surface area (Å²) in [5.74, 6) is -1.07. The van der Waals surface area contributed by atoms with E-state index in [4.69, 9.17) is 5.11 Å². The molecule has 0 fully saturated rings. The number of hydrogen-bond acceptors (Lipinski definition) is 3. The Morgan fingerprint density at radius 3 is 2.45 bits per heavy atom. The van der Waals surface area contributed by atoms with Crippen molar-refractivity contribution in [1.82, 2.24) is 0 Å². The molecule has 0 aromatic heterocycles. The summed E-state index contributed by atoms with van der Waals surface area (Å²) in [6.07, 6.45) is 2.35. The first kappa shape index (κ1) is 13.5. The summed E-state index contributed by atoms with van der Waals surface area (Å²) >= 11 is 0. The van der Waals surface area contributed by atoms with Crippen molar-refractivity contribution < 1.29 is 14.8 Å². The van der Waals surface area contributed by atoms with E-state index in [2.05, 4.69) is 5.11 Å². The zero-order valence-corrected chi connectivity index (χ0v) is 10.5. The van der Waals surface area contributed by atoms with E-state index in [-0.39, 0.29) is 5.69 Å². The van der Waals surface area contributed by atoms with Gasteiger partial charge >= 0.3 is 5.97 Å². The van der Waals surface area contributed by atoms with Crippen molar-refractivity contribution in [2.45, 2.75) is 0 Å². The Labute approximate surface area is 115 Å². The maximum atomic E-state index is 12.0. The average molecular weight is 268 g/mol. The van der Waals surface area contributed by atoms with Gasteiger partial charge in [-0.15, -0.1) is 0 Å². The summed E-state index contributed by atoms with van der Waals surface area (Å²) in [7, 11) is 0. The summed E-state index contributed by atoms with van der Waals surface area (Å²) < 4.78 is 0. The standard InChI is InChI=1S/C15H12N2O3/c18-15(19)11-10-12-6-4-5-9-14(12)17(20)16-13-7-2-1-3-8-13/h1-11H,(H,18,19)/b11-10+,17-16?. The maximum absolute atomic E-state index is 12.0. The van der Waals surface area contributed by atoms with E-state index >= 15 is 0 Å². The van der Waals surface area contributed by atoms with Crippen molar-refractivity contribution in [1.29, 1.82) is 0 Å². The van der Waals surface area contributed by atoms with Gasteiger partial charge in [0.1, 0.15) is 5.69 Å². The van der Waals surface area contributed by atoms with E-state index in [1.165, 1.54) is 6.08 Å².